The molecule has 1 fully saturated rings. The maximum absolute atomic E-state index is 11.7. The van der Waals surface area contributed by atoms with Gasteiger partial charge in [-0.3, -0.25) is 14.9 Å². The molecular weight excluding hydrogens is 244 g/mol. The van der Waals surface area contributed by atoms with Crippen molar-refractivity contribution in [1.82, 2.24) is 0 Å². The van der Waals surface area contributed by atoms with E-state index in [0.29, 0.717) is 12.2 Å². The van der Waals surface area contributed by atoms with Gasteiger partial charge in [-0.25, -0.2) is 0 Å². The molecule has 5 nitrogen and oxygen atoms in total. The summed E-state index contributed by atoms with van der Waals surface area (Å²) in [6.45, 7) is 2.15. The number of alkyl halides is 1. The first-order valence-electron chi connectivity index (χ1n) is 5.18. The van der Waals surface area contributed by atoms with Crippen molar-refractivity contribution in [1.29, 1.82) is 0 Å². The lowest BCUT2D eigenvalue weighted by molar-refractivity contribution is -0.384. The van der Waals surface area contributed by atoms with Crippen LogP contribution in [0.5, 0.6) is 0 Å². The molecule has 1 aliphatic heterocycles. The van der Waals surface area contributed by atoms with Gasteiger partial charge in [0, 0.05) is 19.0 Å². The molecule has 1 atom stereocenters. The molecule has 0 aliphatic carbocycles. The molecule has 1 amide bonds. The molecule has 90 valence electrons. The van der Waals surface area contributed by atoms with E-state index in [2.05, 4.69) is 0 Å². The number of benzene rings is 1. The van der Waals surface area contributed by atoms with Gasteiger partial charge < -0.3 is 4.90 Å². The van der Waals surface area contributed by atoms with Gasteiger partial charge in [-0.2, -0.15) is 0 Å². The predicted molar refractivity (Wildman–Crippen MR) is 64.4 cm³/mol. The van der Waals surface area contributed by atoms with Crippen molar-refractivity contribution in [3.8, 4) is 0 Å². The van der Waals surface area contributed by atoms with E-state index in [4.69, 9.17) is 11.6 Å². The Balaban J connectivity index is 2.46. The lowest BCUT2D eigenvalue weighted by Crippen LogP contribution is -2.25. The Morgan fingerprint density at radius 3 is 2.76 bits per heavy atom. The van der Waals surface area contributed by atoms with Crippen LogP contribution in [-0.2, 0) is 4.79 Å². The van der Waals surface area contributed by atoms with E-state index >= 15 is 0 Å². The molecule has 1 saturated heterocycles. The number of hydrogen-bond acceptors (Lipinski definition) is 3. The normalized spacial score (nSPS) is 19.8. The van der Waals surface area contributed by atoms with Crippen LogP contribution in [0, 0.1) is 17.0 Å². The summed E-state index contributed by atoms with van der Waals surface area (Å²) in [5.74, 6) is -0.168. The Hall–Kier alpha value is -1.62. The number of carbonyl (C=O) groups excluding carboxylic acids is 1. The molecule has 1 unspecified atom stereocenters. The Morgan fingerprint density at radius 2 is 2.24 bits per heavy atom. The van der Waals surface area contributed by atoms with Gasteiger partial charge in [-0.1, -0.05) is 6.07 Å². The summed E-state index contributed by atoms with van der Waals surface area (Å²) in [7, 11) is 0. The molecule has 0 saturated carbocycles. The summed E-state index contributed by atoms with van der Waals surface area (Å²) < 4.78 is 0. The molecule has 0 radical (unpaired) electrons. The lowest BCUT2D eigenvalue weighted by Gasteiger charge is -2.16. The second-order valence-corrected chi connectivity index (χ2v) is 4.67. The van der Waals surface area contributed by atoms with Gasteiger partial charge >= 0.3 is 0 Å². The number of hydrogen-bond donors (Lipinski definition) is 0. The number of amides is 1. The molecule has 6 heteroatoms. The minimum absolute atomic E-state index is 0.0604. The molecule has 1 aromatic rings. The summed E-state index contributed by atoms with van der Waals surface area (Å²) in [4.78, 5) is 23.5. The minimum atomic E-state index is -0.483. The molecule has 2 rings (SSSR count). The number of rotatable bonds is 2. The first kappa shape index (κ1) is 11.9. The van der Waals surface area contributed by atoms with Crippen LogP contribution in [0.25, 0.3) is 0 Å². The van der Waals surface area contributed by atoms with Crippen molar-refractivity contribution in [3.63, 3.8) is 0 Å². The number of nitrogens with zero attached hydrogens (tertiary/aromatic N) is 2. The maximum atomic E-state index is 11.7. The van der Waals surface area contributed by atoms with Crippen LogP contribution >= 0.6 is 11.6 Å². The molecule has 0 N–H and O–H groups in total. The average molecular weight is 255 g/mol. The van der Waals surface area contributed by atoms with E-state index in [0.717, 1.165) is 5.56 Å². The number of nitro benzene ring substituents is 1. The van der Waals surface area contributed by atoms with Gasteiger partial charge in [-0.15, -0.1) is 11.6 Å². The van der Waals surface area contributed by atoms with Crippen LogP contribution in [-0.4, -0.2) is 22.8 Å². The zero-order valence-corrected chi connectivity index (χ0v) is 9.98. The Bertz CT molecular complexity index is 490. The van der Waals surface area contributed by atoms with Crippen LogP contribution in [0.3, 0.4) is 0 Å². The van der Waals surface area contributed by atoms with Crippen molar-refractivity contribution >= 4 is 28.9 Å². The first-order valence-corrected chi connectivity index (χ1v) is 5.62. The van der Waals surface area contributed by atoms with E-state index in [1.54, 1.807) is 12.1 Å². The zero-order chi connectivity index (χ0) is 12.6. The Kier molecular flexibility index (Phi) is 3.02. The summed E-state index contributed by atoms with van der Waals surface area (Å²) in [5.41, 5.74) is 1.15. The summed E-state index contributed by atoms with van der Waals surface area (Å²) in [5, 5.41) is 10.6. The van der Waals surface area contributed by atoms with Gasteiger partial charge in [0.05, 0.1) is 10.3 Å². The minimum Gasteiger partial charge on any atom is -0.305 e. The summed E-state index contributed by atoms with van der Waals surface area (Å²) in [6.07, 6.45) is 0.229. The third-order valence-electron chi connectivity index (χ3n) is 2.70. The molecule has 0 spiro atoms. The van der Waals surface area contributed by atoms with E-state index in [-0.39, 0.29) is 23.4 Å². The Morgan fingerprint density at radius 1 is 1.53 bits per heavy atom. The lowest BCUT2D eigenvalue weighted by atomic mass is 10.2. The number of carbonyl (C=O) groups is 1. The summed E-state index contributed by atoms with van der Waals surface area (Å²) in [6, 6.07) is 4.71. The SMILES string of the molecule is Cc1ccc([N+](=O)[O-])c(N2CC(Cl)CC2=O)c1. The largest absolute Gasteiger partial charge is 0.305 e. The molecule has 0 aromatic heterocycles. The fourth-order valence-corrected chi connectivity index (χ4v) is 2.17. The van der Waals surface area contributed by atoms with Crippen molar-refractivity contribution in [3.05, 3.63) is 33.9 Å². The smallest absolute Gasteiger partial charge is 0.292 e. The zero-order valence-electron chi connectivity index (χ0n) is 9.22. The van der Waals surface area contributed by atoms with Gasteiger partial charge in [0.15, 0.2) is 0 Å². The van der Waals surface area contributed by atoms with Crippen molar-refractivity contribution < 1.29 is 9.72 Å². The van der Waals surface area contributed by atoms with Crippen molar-refractivity contribution in [2.75, 3.05) is 11.4 Å². The van der Waals surface area contributed by atoms with Gasteiger partial charge in [0.2, 0.25) is 5.91 Å². The predicted octanol–water partition coefficient (Wildman–Crippen LogP) is 2.25. The van der Waals surface area contributed by atoms with Crippen LogP contribution < -0.4 is 4.90 Å². The quantitative estimate of drug-likeness (QED) is 0.462. The van der Waals surface area contributed by atoms with Crippen LogP contribution in [0.4, 0.5) is 11.4 Å². The summed E-state index contributed by atoms with van der Waals surface area (Å²) >= 11 is 5.89. The number of aryl methyl sites for hydroxylation is 1. The van der Waals surface area contributed by atoms with Gasteiger partial charge in [0.1, 0.15) is 5.69 Å². The molecule has 1 aliphatic rings. The topological polar surface area (TPSA) is 63.5 Å². The molecule has 0 bridgehead atoms. The fourth-order valence-electron chi connectivity index (χ4n) is 1.90. The number of nitro groups is 1. The van der Waals surface area contributed by atoms with Gasteiger partial charge in [-0.05, 0) is 18.6 Å². The highest BCUT2D eigenvalue weighted by atomic mass is 35.5. The van der Waals surface area contributed by atoms with Crippen LogP contribution in [0.15, 0.2) is 18.2 Å². The van der Waals surface area contributed by atoms with E-state index in [1.807, 2.05) is 6.92 Å². The fraction of sp³-hybridized carbons (Fsp3) is 0.364. The van der Waals surface area contributed by atoms with E-state index in [1.165, 1.54) is 11.0 Å². The molecule has 1 aromatic carbocycles. The third-order valence-corrected chi connectivity index (χ3v) is 2.99. The van der Waals surface area contributed by atoms with Gasteiger partial charge in [0.25, 0.3) is 5.69 Å². The van der Waals surface area contributed by atoms with Crippen molar-refractivity contribution in [2.24, 2.45) is 0 Å². The maximum Gasteiger partial charge on any atom is 0.292 e. The number of anilines is 1. The van der Waals surface area contributed by atoms with E-state index in [9.17, 15) is 14.9 Å². The molecule has 1 heterocycles. The monoisotopic (exact) mass is 254 g/mol. The average Bonchev–Trinajstić information content (AvgIpc) is 2.57. The Labute approximate surface area is 103 Å². The van der Waals surface area contributed by atoms with E-state index < -0.39 is 4.92 Å². The standard InChI is InChI=1S/C11H11ClN2O3/c1-7-2-3-9(14(16)17)10(4-7)13-6-8(12)5-11(13)15/h2-4,8H,5-6H2,1H3. The molecule has 17 heavy (non-hydrogen) atoms. The second kappa shape index (κ2) is 4.33. The molecular formula is C11H11ClN2O3. The highest BCUT2D eigenvalue weighted by Crippen LogP contribution is 2.33. The van der Waals surface area contributed by atoms with Crippen LogP contribution in [0.1, 0.15) is 12.0 Å². The highest BCUT2D eigenvalue weighted by Gasteiger charge is 2.33. The number of halogens is 1. The first-order chi connectivity index (χ1) is 7.99. The highest BCUT2D eigenvalue weighted by molar-refractivity contribution is 6.24. The van der Waals surface area contributed by atoms with Crippen LogP contribution in [0.2, 0.25) is 0 Å². The van der Waals surface area contributed by atoms with Crippen molar-refractivity contribution in [2.45, 2.75) is 18.7 Å². The second-order valence-electron chi connectivity index (χ2n) is 4.06. The third kappa shape index (κ3) is 2.24.